The molecule has 0 aromatic heterocycles. The highest BCUT2D eigenvalue weighted by atomic mass is 15.1. The SMILES string of the molecule is CNCc1cccc(CN(C)c2ccccc2C)c1. The number of anilines is 1. The van der Waals surface area contributed by atoms with Gasteiger partial charge in [-0.3, -0.25) is 0 Å². The molecule has 0 bridgehead atoms. The van der Waals surface area contributed by atoms with Gasteiger partial charge in [-0.1, -0.05) is 42.5 Å². The van der Waals surface area contributed by atoms with Gasteiger partial charge in [0.15, 0.2) is 0 Å². The summed E-state index contributed by atoms with van der Waals surface area (Å²) in [6, 6.07) is 17.3. The number of aryl methyl sites for hydroxylation is 1. The fourth-order valence-electron chi connectivity index (χ4n) is 2.39. The van der Waals surface area contributed by atoms with Gasteiger partial charge in [0.2, 0.25) is 0 Å². The van der Waals surface area contributed by atoms with Crippen molar-refractivity contribution < 1.29 is 0 Å². The van der Waals surface area contributed by atoms with Crippen LogP contribution in [0.5, 0.6) is 0 Å². The molecule has 100 valence electrons. The Morgan fingerprint density at radius 1 is 1.00 bits per heavy atom. The number of nitrogens with zero attached hydrogens (tertiary/aromatic N) is 1. The van der Waals surface area contributed by atoms with Crippen molar-refractivity contribution in [2.24, 2.45) is 0 Å². The number of para-hydroxylation sites is 1. The van der Waals surface area contributed by atoms with Gasteiger partial charge in [0.05, 0.1) is 0 Å². The van der Waals surface area contributed by atoms with E-state index in [4.69, 9.17) is 0 Å². The van der Waals surface area contributed by atoms with Crippen LogP contribution >= 0.6 is 0 Å². The molecule has 2 aromatic carbocycles. The predicted octanol–water partition coefficient (Wildman–Crippen LogP) is 3.35. The molecular weight excluding hydrogens is 232 g/mol. The van der Waals surface area contributed by atoms with Gasteiger partial charge in [-0.2, -0.15) is 0 Å². The maximum Gasteiger partial charge on any atom is 0.0426 e. The van der Waals surface area contributed by atoms with Gasteiger partial charge in [-0.05, 0) is 36.7 Å². The third-order valence-electron chi connectivity index (χ3n) is 3.32. The third-order valence-corrected chi connectivity index (χ3v) is 3.32. The first-order valence-electron chi connectivity index (χ1n) is 6.70. The highest BCUT2D eigenvalue weighted by Gasteiger charge is 2.05. The van der Waals surface area contributed by atoms with Crippen molar-refractivity contribution in [1.29, 1.82) is 0 Å². The zero-order valence-corrected chi connectivity index (χ0v) is 12.0. The van der Waals surface area contributed by atoms with Crippen LogP contribution in [0.25, 0.3) is 0 Å². The van der Waals surface area contributed by atoms with E-state index in [-0.39, 0.29) is 0 Å². The molecule has 2 rings (SSSR count). The second-order valence-electron chi connectivity index (χ2n) is 4.99. The summed E-state index contributed by atoms with van der Waals surface area (Å²) in [7, 11) is 4.12. The standard InChI is InChI=1S/C17H22N2/c1-14-7-4-5-10-17(14)19(3)13-16-9-6-8-15(11-16)12-18-2/h4-11,18H,12-13H2,1-3H3. The molecule has 0 heterocycles. The summed E-state index contributed by atoms with van der Waals surface area (Å²) in [5.41, 5.74) is 5.29. The molecule has 0 spiro atoms. The molecule has 0 amide bonds. The van der Waals surface area contributed by atoms with Crippen LogP contribution in [0.1, 0.15) is 16.7 Å². The Balaban J connectivity index is 2.12. The van der Waals surface area contributed by atoms with Crippen LogP contribution in [0, 0.1) is 6.92 Å². The molecule has 1 N–H and O–H groups in total. The molecule has 19 heavy (non-hydrogen) atoms. The Kier molecular flexibility index (Phi) is 4.58. The largest absolute Gasteiger partial charge is 0.370 e. The average molecular weight is 254 g/mol. The first-order valence-corrected chi connectivity index (χ1v) is 6.70. The second kappa shape index (κ2) is 6.39. The first kappa shape index (κ1) is 13.6. The molecule has 2 aromatic rings. The van der Waals surface area contributed by atoms with Crippen molar-refractivity contribution in [1.82, 2.24) is 5.32 Å². The van der Waals surface area contributed by atoms with Crippen LogP contribution in [0.2, 0.25) is 0 Å². The van der Waals surface area contributed by atoms with Gasteiger partial charge in [0.1, 0.15) is 0 Å². The maximum absolute atomic E-state index is 3.19. The summed E-state index contributed by atoms with van der Waals surface area (Å²) in [6.07, 6.45) is 0. The molecule has 0 radical (unpaired) electrons. The lowest BCUT2D eigenvalue weighted by Gasteiger charge is -2.21. The molecule has 2 nitrogen and oxygen atoms in total. The van der Waals surface area contributed by atoms with Gasteiger partial charge < -0.3 is 10.2 Å². The topological polar surface area (TPSA) is 15.3 Å². The molecule has 0 saturated heterocycles. The monoisotopic (exact) mass is 254 g/mol. The molecule has 0 unspecified atom stereocenters. The minimum Gasteiger partial charge on any atom is -0.370 e. The van der Waals surface area contributed by atoms with Crippen molar-refractivity contribution >= 4 is 5.69 Å². The van der Waals surface area contributed by atoms with E-state index in [9.17, 15) is 0 Å². The number of nitrogens with one attached hydrogen (secondary N) is 1. The van der Waals surface area contributed by atoms with Gasteiger partial charge in [-0.25, -0.2) is 0 Å². The Labute approximate surface area is 116 Å². The molecular formula is C17H22N2. The Morgan fingerprint density at radius 3 is 2.47 bits per heavy atom. The molecule has 2 heteroatoms. The normalized spacial score (nSPS) is 10.5. The summed E-state index contributed by atoms with van der Waals surface area (Å²) in [5, 5.41) is 3.19. The fourth-order valence-corrected chi connectivity index (χ4v) is 2.39. The van der Waals surface area contributed by atoms with Crippen LogP contribution in [-0.2, 0) is 13.1 Å². The van der Waals surface area contributed by atoms with Crippen molar-refractivity contribution in [2.45, 2.75) is 20.0 Å². The smallest absolute Gasteiger partial charge is 0.0426 e. The summed E-state index contributed by atoms with van der Waals surface area (Å²) < 4.78 is 0. The number of hydrogen-bond donors (Lipinski definition) is 1. The van der Waals surface area contributed by atoms with Crippen LogP contribution in [-0.4, -0.2) is 14.1 Å². The summed E-state index contributed by atoms with van der Waals surface area (Å²) in [6.45, 7) is 4.01. The Hall–Kier alpha value is -1.80. The van der Waals surface area contributed by atoms with E-state index in [0.717, 1.165) is 13.1 Å². The molecule has 0 aliphatic carbocycles. The molecule has 0 fully saturated rings. The molecule has 0 aliphatic heterocycles. The highest BCUT2D eigenvalue weighted by molar-refractivity contribution is 5.52. The van der Waals surface area contributed by atoms with Crippen LogP contribution < -0.4 is 10.2 Å². The quantitative estimate of drug-likeness (QED) is 0.880. The van der Waals surface area contributed by atoms with Crippen LogP contribution in [0.3, 0.4) is 0 Å². The Bertz CT molecular complexity index is 534. The fraction of sp³-hybridized carbons (Fsp3) is 0.294. The summed E-state index contributed by atoms with van der Waals surface area (Å²) in [5.74, 6) is 0. The van der Waals surface area contributed by atoms with Crippen molar-refractivity contribution in [3.63, 3.8) is 0 Å². The number of rotatable bonds is 5. The second-order valence-corrected chi connectivity index (χ2v) is 4.99. The number of benzene rings is 2. The number of hydrogen-bond acceptors (Lipinski definition) is 2. The summed E-state index contributed by atoms with van der Waals surface area (Å²) in [4.78, 5) is 2.30. The van der Waals surface area contributed by atoms with Gasteiger partial charge in [-0.15, -0.1) is 0 Å². The van der Waals surface area contributed by atoms with E-state index in [2.05, 4.69) is 72.7 Å². The van der Waals surface area contributed by atoms with E-state index >= 15 is 0 Å². The Morgan fingerprint density at radius 2 is 1.74 bits per heavy atom. The highest BCUT2D eigenvalue weighted by Crippen LogP contribution is 2.20. The van der Waals surface area contributed by atoms with Crippen LogP contribution in [0.4, 0.5) is 5.69 Å². The average Bonchev–Trinajstić information content (AvgIpc) is 2.40. The van der Waals surface area contributed by atoms with E-state index in [1.807, 2.05) is 7.05 Å². The van der Waals surface area contributed by atoms with Crippen LogP contribution in [0.15, 0.2) is 48.5 Å². The lowest BCUT2D eigenvalue weighted by atomic mass is 10.1. The van der Waals surface area contributed by atoms with Crippen molar-refractivity contribution in [2.75, 3.05) is 19.0 Å². The minimum absolute atomic E-state index is 0.919. The van der Waals surface area contributed by atoms with E-state index in [1.165, 1.54) is 22.4 Å². The van der Waals surface area contributed by atoms with Gasteiger partial charge in [0, 0.05) is 25.8 Å². The minimum atomic E-state index is 0.919. The zero-order valence-electron chi connectivity index (χ0n) is 12.0. The zero-order chi connectivity index (χ0) is 13.7. The first-order chi connectivity index (χ1) is 9.20. The lowest BCUT2D eigenvalue weighted by molar-refractivity contribution is 0.813. The lowest BCUT2D eigenvalue weighted by Crippen LogP contribution is -2.17. The van der Waals surface area contributed by atoms with Crippen molar-refractivity contribution in [3.05, 3.63) is 65.2 Å². The maximum atomic E-state index is 3.19. The third kappa shape index (κ3) is 3.58. The predicted molar refractivity (Wildman–Crippen MR) is 82.5 cm³/mol. The van der Waals surface area contributed by atoms with Gasteiger partial charge >= 0.3 is 0 Å². The van der Waals surface area contributed by atoms with Gasteiger partial charge in [0.25, 0.3) is 0 Å². The molecule has 0 aliphatic rings. The van der Waals surface area contributed by atoms with E-state index in [0.29, 0.717) is 0 Å². The summed E-state index contributed by atoms with van der Waals surface area (Å²) >= 11 is 0. The van der Waals surface area contributed by atoms with Crippen molar-refractivity contribution in [3.8, 4) is 0 Å². The van der Waals surface area contributed by atoms with E-state index < -0.39 is 0 Å². The molecule has 0 saturated carbocycles. The molecule has 0 atom stereocenters. The van der Waals surface area contributed by atoms with E-state index in [1.54, 1.807) is 0 Å².